The number of hydrogen-bond acceptors (Lipinski definition) is 2. The van der Waals surface area contributed by atoms with E-state index in [0.717, 1.165) is 6.54 Å². The Kier molecular flexibility index (Phi) is 6.02. The van der Waals surface area contributed by atoms with Crippen LogP contribution in [-0.4, -0.2) is 31.6 Å². The Morgan fingerprint density at radius 1 is 1.11 bits per heavy atom. The van der Waals surface area contributed by atoms with Crippen molar-refractivity contribution in [2.45, 2.75) is 52.6 Å². The third-order valence-electron chi connectivity index (χ3n) is 3.67. The first-order valence-corrected chi connectivity index (χ1v) is 7.33. The molecule has 0 saturated carbocycles. The molecule has 19 heavy (non-hydrogen) atoms. The zero-order chi connectivity index (χ0) is 14.6. The molecule has 1 aromatic carbocycles. The van der Waals surface area contributed by atoms with E-state index in [1.165, 1.54) is 16.7 Å². The molecule has 0 aromatic heterocycles. The van der Waals surface area contributed by atoms with Crippen molar-refractivity contribution in [3.63, 3.8) is 0 Å². The Balaban J connectivity index is 3.03. The van der Waals surface area contributed by atoms with Gasteiger partial charge in [-0.15, -0.1) is 0 Å². The van der Waals surface area contributed by atoms with E-state index < -0.39 is 0 Å². The number of benzene rings is 1. The predicted molar refractivity (Wildman–Crippen MR) is 84.8 cm³/mol. The van der Waals surface area contributed by atoms with Crippen molar-refractivity contribution in [2.75, 3.05) is 20.6 Å². The lowest BCUT2D eigenvalue weighted by molar-refractivity contribution is 0.282. The second-order valence-corrected chi connectivity index (χ2v) is 6.31. The number of nitrogens with zero attached hydrogens (tertiary/aromatic N) is 1. The molecule has 0 saturated heterocycles. The monoisotopic (exact) mass is 262 g/mol. The van der Waals surface area contributed by atoms with Gasteiger partial charge in [0.25, 0.3) is 0 Å². The smallest absolute Gasteiger partial charge is 0.0469 e. The third kappa shape index (κ3) is 4.63. The van der Waals surface area contributed by atoms with E-state index in [0.29, 0.717) is 18.0 Å². The highest BCUT2D eigenvalue weighted by Gasteiger charge is 2.17. The molecule has 0 heterocycles. The molecule has 0 amide bonds. The molecule has 0 aliphatic carbocycles. The Labute approximate surface area is 119 Å². The predicted octanol–water partition coefficient (Wildman–Crippen LogP) is 3.72. The van der Waals surface area contributed by atoms with E-state index in [9.17, 15) is 0 Å². The Bertz CT molecular complexity index is 394. The van der Waals surface area contributed by atoms with Gasteiger partial charge in [-0.05, 0) is 43.6 Å². The molecule has 0 aliphatic rings. The third-order valence-corrected chi connectivity index (χ3v) is 3.67. The van der Waals surface area contributed by atoms with E-state index in [-0.39, 0.29) is 0 Å². The molecule has 1 N–H and O–H groups in total. The van der Waals surface area contributed by atoms with Gasteiger partial charge in [0.05, 0.1) is 0 Å². The number of rotatable bonds is 6. The summed E-state index contributed by atoms with van der Waals surface area (Å²) in [7, 11) is 4.32. The molecule has 0 fully saturated rings. The summed E-state index contributed by atoms with van der Waals surface area (Å²) in [5, 5.41) is 3.56. The molecule has 0 spiro atoms. The summed E-state index contributed by atoms with van der Waals surface area (Å²) < 4.78 is 0. The quantitative estimate of drug-likeness (QED) is 0.840. The second kappa shape index (κ2) is 7.06. The van der Waals surface area contributed by atoms with E-state index in [2.05, 4.69) is 77.1 Å². The van der Waals surface area contributed by atoms with E-state index in [1.807, 2.05) is 0 Å². The average Bonchev–Trinajstić information content (AvgIpc) is 2.30. The van der Waals surface area contributed by atoms with Crippen LogP contribution in [0.15, 0.2) is 18.2 Å². The van der Waals surface area contributed by atoms with Crippen molar-refractivity contribution in [3.8, 4) is 0 Å². The van der Waals surface area contributed by atoms with E-state index in [4.69, 9.17) is 0 Å². The highest BCUT2D eigenvalue weighted by atomic mass is 15.1. The summed E-state index contributed by atoms with van der Waals surface area (Å²) in [6.07, 6.45) is 0. The van der Waals surface area contributed by atoms with Crippen LogP contribution in [0.4, 0.5) is 0 Å². The van der Waals surface area contributed by atoms with Crippen LogP contribution in [0, 0.1) is 6.92 Å². The topological polar surface area (TPSA) is 15.3 Å². The largest absolute Gasteiger partial charge is 0.313 e. The zero-order valence-corrected chi connectivity index (χ0v) is 13.6. The van der Waals surface area contributed by atoms with Crippen LogP contribution in [0.3, 0.4) is 0 Å². The first-order chi connectivity index (χ1) is 8.82. The standard InChI is InChI=1S/C17H30N2/c1-12(2)15-9-8-14(5)16(10-15)17(19(6)7)11-18-13(3)4/h8-10,12-13,17-18H,11H2,1-7H3. The number of likely N-dealkylation sites (N-methyl/N-ethyl adjacent to an activating group) is 1. The Morgan fingerprint density at radius 3 is 2.21 bits per heavy atom. The van der Waals surface area contributed by atoms with Crippen molar-refractivity contribution < 1.29 is 0 Å². The minimum atomic E-state index is 0.432. The summed E-state index contributed by atoms with van der Waals surface area (Å²) in [5.41, 5.74) is 4.26. The van der Waals surface area contributed by atoms with Crippen molar-refractivity contribution >= 4 is 0 Å². The van der Waals surface area contributed by atoms with Crippen LogP contribution < -0.4 is 5.32 Å². The maximum absolute atomic E-state index is 3.56. The van der Waals surface area contributed by atoms with Crippen molar-refractivity contribution in [1.82, 2.24) is 10.2 Å². The first-order valence-electron chi connectivity index (χ1n) is 7.33. The Morgan fingerprint density at radius 2 is 1.74 bits per heavy atom. The minimum Gasteiger partial charge on any atom is -0.313 e. The molecule has 0 aliphatic heterocycles. The van der Waals surface area contributed by atoms with Gasteiger partial charge >= 0.3 is 0 Å². The normalized spacial score (nSPS) is 13.6. The van der Waals surface area contributed by atoms with Crippen LogP contribution in [-0.2, 0) is 0 Å². The van der Waals surface area contributed by atoms with Crippen molar-refractivity contribution in [1.29, 1.82) is 0 Å². The van der Waals surface area contributed by atoms with E-state index in [1.54, 1.807) is 0 Å². The zero-order valence-electron chi connectivity index (χ0n) is 13.6. The van der Waals surface area contributed by atoms with Crippen LogP contribution in [0.25, 0.3) is 0 Å². The minimum absolute atomic E-state index is 0.432. The van der Waals surface area contributed by atoms with Crippen LogP contribution in [0.2, 0.25) is 0 Å². The second-order valence-electron chi connectivity index (χ2n) is 6.31. The highest BCUT2D eigenvalue weighted by Crippen LogP contribution is 2.26. The lowest BCUT2D eigenvalue weighted by Gasteiger charge is -2.28. The molecule has 1 rings (SSSR count). The number of nitrogens with one attached hydrogen (secondary N) is 1. The van der Waals surface area contributed by atoms with Gasteiger partial charge < -0.3 is 10.2 Å². The molecule has 2 heteroatoms. The van der Waals surface area contributed by atoms with E-state index >= 15 is 0 Å². The lowest BCUT2D eigenvalue weighted by atomic mass is 9.93. The molecular weight excluding hydrogens is 232 g/mol. The molecule has 1 aromatic rings. The lowest BCUT2D eigenvalue weighted by Crippen LogP contribution is -2.34. The van der Waals surface area contributed by atoms with Crippen molar-refractivity contribution in [2.24, 2.45) is 0 Å². The van der Waals surface area contributed by atoms with Gasteiger partial charge in [0, 0.05) is 18.6 Å². The molecule has 1 atom stereocenters. The SMILES string of the molecule is Cc1ccc(C(C)C)cc1C(CNC(C)C)N(C)C. The van der Waals surface area contributed by atoms with Gasteiger partial charge in [0.2, 0.25) is 0 Å². The molecule has 0 bridgehead atoms. The fourth-order valence-corrected chi connectivity index (χ4v) is 2.30. The van der Waals surface area contributed by atoms with Crippen molar-refractivity contribution in [3.05, 3.63) is 34.9 Å². The van der Waals surface area contributed by atoms with Crippen LogP contribution in [0.5, 0.6) is 0 Å². The fraction of sp³-hybridized carbons (Fsp3) is 0.647. The summed E-state index contributed by atoms with van der Waals surface area (Å²) in [4.78, 5) is 2.31. The average molecular weight is 262 g/mol. The van der Waals surface area contributed by atoms with Gasteiger partial charge in [-0.1, -0.05) is 45.9 Å². The molecule has 0 radical (unpaired) electrons. The van der Waals surface area contributed by atoms with Gasteiger partial charge in [-0.2, -0.15) is 0 Å². The van der Waals surface area contributed by atoms with Gasteiger partial charge in [0.15, 0.2) is 0 Å². The molecular formula is C17H30N2. The summed E-state index contributed by atoms with van der Waals surface area (Å²) in [6, 6.07) is 7.85. The summed E-state index contributed by atoms with van der Waals surface area (Å²) in [6.45, 7) is 12.1. The van der Waals surface area contributed by atoms with Crippen LogP contribution >= 0.6 is 0 Å². The molecule has 108 valence electrons. The fourth-order valence-electron chi connectivity index (χ4n) is 2.30. The summed E-state index contributed by atoms with van der Waals surface area (Å²) >= 11 is 0. The maximum atomic E-state index is 3.56. The maximum Gasteiger partial charge on any atom is 0.0469 e. The number of aryl methyl sites for hydroxylation is 1. The summed E-state index contributed by atoms with van der Waals surface area (Å²) in [5.74, 6) is 0.584. The van der Waals surface area contributed by atoms with Gasteiger partial charge in [-0.25, -0.2) is 0 Å². The van der Waals surface area contributed by atoms with Gasteiger partial charge in [-0.3, -0.25) is 0 Å². The highest BCUT2D eigenvalue weighted by molar-refractivity contribution is 5.35. The van der Waals surface area contributed by atoms with Crippen LogP contribution in [0.1, 0.15) is 56.3 Å². The first kappa shape index (κ1) is 16.2. The molecule has 1 unspecified atom stereocenters. The van der Waals surface area contributed by atoms with Gasteiger partial charge in [0.1, 0.15) is 0 Å². The Hall–Kier alpha value is -0.860. The number of hydrogen-bond donors (Lipinski definition) is 1. The molecule has 2 nitrogen and oxygen atoms in total.